The molecule has 0 aliphatic heterocycles. The molecule has 0 unspecified atom stereocenters. The average molecular weight is 379 g/mol. The molecule has 0 aliphatic carbocycles. The van der Waals surface area contributed by atoms with Crippen molar-refractivity contribution in [2.45, 2.75) is 12.8 Å². The first kappa shape index (κ1) is 19.2. The number of phenolic OH excluding ortho intramolecular Hbond substituents is 1. The minimum Gasteiger partial charge on any atom is -0.507 e. The number of non-ortho nitro benzene ring substituents is 1. The number of nitro benzene ring substituents is 1. The molecule has 3 aromatic carbocycles. The van der Waals surface area contributed by atoms with Crippen LogP contribution in [0.25, 0.3) is 0 Å². The van der Waals surface area contributed by atoms with Gasteiger partial charge >= 0.3 is 0 Å². The zero-order chi connectivity index (χ0) is 20.1. The van der Waals surface area contributed by atoms with Gasteiger partial charge in [-0.2, -0.15) is 0 Å². The molecule has 0 heterocycles. The highest BCUT2D eigenvalue weighted by atomic mass is 16.6. The Balaban J connectivity index is 2.05. The van der Waals surface area contributed by atoms with Crippen molar-refractivity contribution < 1.29 is 19.5 Å². The summed E-state index contributed by atoms with van der Waals surface area (Å²) in [5, 5.41) is 22.3. The van der Waals surface area contributed by atoms with E-state index >= 15 is 0 Å². The van der Waals surface area contributed by atoms with Gasteiger partial charge in [0.05, 0.1) is 19.1 Å². The molecule has 0 saturated heterocycles. The molecule has 1 N–H and O–H groups in total. The van der Waals surface area contributed by atoms with Crippen LogP contribution in [0.4, 0.5) is 5.69 Å². The Morgan fingerprint density at radius 3 is 1.64 bits per heavy atom. The second-order valence-corrected chi connectivity index (χ2v) is 6.35. The predicted molar refractivity (Wildman–Crippen MR) is 106 cm³/mol. The lowest BCUT2D eigenvalue weighted by Crippen LogP contribution is -2.00. The minimum atomic E-state index is -0.448. The maximum absolute atomic E-state index is 11.4. The minimum absolute atomic E-state index is 0.0439. The fourth-order valence-corrected chi connectivity index (χ4v) is 3.22. The summed E-state index contributed by atoms with van der Waals surface area (Å²) in [6, 6.07) is 17.6. The van der Waals surface area contributed by atoms with Crippen LogP contribution in [0.5, 0.6) is 17.2 Å². The van der Waals surface area contributed by atoms with Crippen molar-refractivity contribution in [2.75, 3.05) is 14.2 Å². The second kappa shape index (κ2) is 8.43. The number of benzene rings is 3. The predicted octanol–water partition coefficient (Wildman–Crippen LogP) is 4.50. The number of rotatable bonds is 7. The van der Waals surface area contributed by atoms with Crippen molar-refractivity contribution in [1.82, 2.24) is 0 Å². The van der Waals surface area contributed by atoms with E-state index in [-0.39, 0.29) is 11.4 Å². The molecular weight excluding hydrogens is 358 g/mol. The van der Waals surface area contributed by atoms with E-state index in [1.54, 1.807) is 14.2 Å². The molecule has 0 amide bonds. The van der Waals surface area contributed by atoms with E-state index in [4.69, 9.17) is 9.47 Å². The van der Waals surface area contributed by atoms with Gasteiger partial charge in [0.2, 0.25) is 0 Å². The summed E-state index contributed by atoms with van der Waals surface area (Å²) in [4.78, 5) is 11.0. The van der Waals surface area contributed by atoms with Gasteiger partial charge in [-0.15, -0.1) is 0 Å². The summed E-state index contributed by atoms with van der Waals surface area (Å²) in [6.45, 7) is 0. The standard InChI is InChI=1S/C22H21NO5/c1-27-20-9-5-3-7-15(20)11-17-13-19(23(25)26)14-18(22(17)24)12-16-8-4-6-10-21(16)28-2/h3-10,13-14,24H,11-12H2,1-2H3. The molecule has 28 heavy (non-hydrogen) atoms. The zero-order valence-electron chi connectivity index (χ0n) is 15.7. The molecule has 0 bridgehead atoms. The Morgan fingerprint density at radius 1 is 0.821 bits per heavy atom. The molecule has 3 rings (SSSR count). The van der Waals surface area contributed by atoms with Crippen LogP contribution in [0.2, 0.25) is 0 Å². The Morgan fingerprint density at radius 2 is 1.25 bits per heavy atom. The van der Waals surface area contributed by atoms with Gasteiger partial charge in [-0.25, -0.2) is 0 Å². The molecular formula is C22H21NO5. The maximum Gasteiger partial charge on any atom is 0.270 e. The van der Waals surface area contributed by atoms with E-state index in [9.17, 15) is 15.2 Å². The summed E-state index contributed by atoms with van der Waals surface area (Å²) in [5.74, 6) is 1.38. The number of hydrogen-bond donors (Lipinski definition) is 1. The van der Waals surface area contributed by atoms with Crippen LogP contribution in [0.1, 0.15) is 22.3 Å². The SMILES string of the molecule is COc1ccccc1Cc1cc([N+](=O)[O-])cc(Cc2ccccc2OC)c1O. The molecule has 6 heteroatoms. The van der Waals surface area contributed by atoms with Crippen molar-refractivity contribution >= 4 is 5.69 Å². The molecule has 0 fully saturated rings. The van der Waals surface area contributed by atoms with Crippen molar-refractivity contribution in [3.63, 3.8) is 0 Å². The number of nitro groups is 1. The second-order valence-electron chi connectivity index (χ2n) is 6.35. The van der Waals surface area contributed by atoms with Crippen LogP contribution in [-0.2, 0) is 12.8 Å². The van der Waals surface area contributed by atoms with Crippen LogP contribution in [0.15, 0.2) is 60.7 Å². The van der Waals surface area contributed by atoms with Crippen LogP contribution in [0, 0.1) is 10.1 Å². The number of nitrogens with zero attached hydrogens (tertiary/aromatic N) is 1. The number of ether oxygens (including phenoxy) is 2. The highest BCUT2D eigenvalue weighted by molar-refractivity contribution is 5.54. The smallest absolute Gasteiger partial charge is 0.270 e. The average Bonchev–Trinajstić information content (AvgIpc) is 2.71. The number of phenols is 1. The Bertz CT molecular complexity index is 929. The summed E-state index contributed by atoms with van der Waals surface area (Å²) in [7, 11) is 3.14. The molecule has 6 nitrogen and oxygen atoms in total. The first-order valence-corrected chi connectivity index (χ1v) is 8.76. The number of methoxy groups -OCH3 is 2. The van der Waals surface area contributed by atoms with Crippen LogP contribution < -0.4 is 9.47 Å². The van der Waals surface area contributed by atoms with Crippen LogP contribution in [-0.4, -0.2) is 24.2 Å². The molecule has 0 spiro atoms. The summed E-state index contributed by atoms with van der Waals surface area (Å²) in [6.07, 6.45) is 0.632. The largest absolute Gasteiger partial charge is 0.507 e. The van der Waals surface area contributed by atoms with Crippen LogP contribution >= 0.6 is 0 Å². The third kappa shape index (κ3) is 4.06. The van der Waals surface area contributed by atoms with Crippen LogP contribution in [0.3, 0.4) is 0 Å². The Labute approximate surface area is 163 Å². The lowest BCUT2D eigenvalue weighted by atomic mass is 9.96. The van der Waals surface area contributed by atoms with Gasteiger partial charge in [-0.3, -0.25) is 10.1 Å². The Hall–Kier alpha value is -3.54. The first-order chi connectivity index (χ1) is 13.5. The van der Waals surface area contributed by atoms with E-state index in [2.05, 4.69) is 0 Å². The number of para-hydroxylation sites is 2. The van der Waals surface area contributed by atoms with E-state index in [1.165, 1.54) is 12.1 Å². The van der Waals surface area contributed by atoms with Gasteiger partial charge in [-0.1, -0.05) is 36.4 Å². The Kier molecular flexibility index (Phi) is 5.79. The summed E-state index contributed by atoms with van der Waals surface area (Å²) in [5.41, 5.74) is 2.56. The monoisotopic (exact) mass is 379 g/mol. The van der Waals surface area contributed by atoms with Gasteiger partial charge in [0.25, 0.3) is 5.69 Å². The van der Waals surface area contributed by atoms with E-state index < -0.39 is 4.92 Å². The highest BCUT2D eigenvalue weighted by Crippen LogP contribution is 2.34. The fourth-order valence-electron chi connectivity index (χ4n) is 3.22. The third-order valence-corrected chi connectivity index (χ3v) is 4.61. The zero-order valence-corrected chi connectivity index (χ0v) is 15.7. The molecule has 0 aromatic heterocycles. The maximum atomic E-state index is 11.4. The fraction of sp³-hybridized carbons (Fsp3) is 0.182. The van der Waals surface area contributed by atoms with Crippen molar-refractivity contribution in [2.24, 2.45) is 0 Å². The molecule has 0 atom stereocenters. The topological polar surface area (TPSA) is 81.8 Å². The quantitative estimate of drug-likeness (QED) is 0.483. The summed E-state index contributed by atoms with van der Waals surface area (Å²) >= 11 is 0. The first-order valence-electron chi connectivity index (χ1n) is 8.76. The lowest BCUT2D eigenvalue weighted by Gasteiger charge is -2.14. The normalized spacial score (nSPS) is 10.5. The van der Waals surface area contributed by atoms with Gasteiger partial charge in [-0.05, 0) is 23.3 Å². The molecule has 3 aromatic rings. The van der Waals surface area contributed by atoms with Gasteiger partial charge in [0.1, 0.15) is 17.2 Å². The van der Waals surface area contributed by atoms with Gasteiger partial charge in [0, 0.05) is 36.1 Å². The molecule has 0 radical (unpaired) electrons. The van der Waals surface area contributed by atoms with Gasteiger partial charge < -0.3 is 14.6 Å². The number of hydrogen-bond acceptors (Lipinski definition) is 5. The van der Waals surface area contributed by atoms with E-state index in [0.29, 0.717) is 35.5 Å². The third-order valence-electron chi connectivity index (χ3n) is 4.61. The lowest BCUT2D eigenvalue weighted by molar-refractivity contribution is -0.385. The molecule has 0 aliphatic rings. The summed E-state index contributed by atoms with van der Waals surface area (Å²) < 4.78 is 10.7. The van der Waals surface area contributed by atoms with Gasteiger partial charge in [0.15, 0.2) is 0 Å². The van der Waals surface area contributed by atoms with Crippen molar-refractivity contribution in [3.05, 3.63) is 93.0 Å². The van der Waals surface area contributed by atoms with Crippen molar-refractivity contribution in [3.8, 4) is 17.2 Å². The van der Waals surface area contributed by atoms with E-state index in [1.807, 2.05) is 48.5 Å². The molecule has 0 saturated carbocycles. The number of aromatic hydroxyl groups is 1. The van der Waals surface area contributed by atoms with E-state index in [0.717, 1.165) is 11.1 Å². The van der Waals surface area contributed by atoms with Crippen molar-refractivity contribution in [1.29, 1.82) is 0 Å². The highest BCUT2D eigenvalue weighted by Gasteiger charge is 2.18. The molecule has 144 valence electrons.